The molecule has 0 spiro atoms. The number of rotatable bonds is 4. The molecule has 11 rings (SSSR count). The highest BCUT2D eigenvalue weighted by Crippen LogP contribution is 2.49. The van der Waals surface area contributed by atoms with Gasteiger partial charge in [0.25, 0.3) is 0 Å². The predicted molar refractivity (Wildman–Crippen MR) is 250 cm³/mol. The molecule has 56 heavy (non-hydrogen) atoms. The van der Waals surface area contributed by atoms with Gasteiger partial charge in [0.1, 0.15) is 0 Å². The lowest BCUT2D eigenvalue weighted by Gasteiger charge is -2.25. The van der Waals surface area contributed by atoms with E-state index in [1.54, 1.807) is 0 Å². The van der Waals surface area contributed by atoms with Crippen LogP contribution in [0.5, 0.6) is 0 Å². The lowest BCUT2D eigenvalue weighted by Crippen LogP contribution is -2.08. The number of fused-ring (bicyclic) bond motifs is 1. The van der Waals surface area contributed by atoms with Crippen molar-refractivity contribution in [3.63, 3.8) is 0 Å². The molecule has 270 valence electrons. The first-order chi connectivity index (χ1) is 27.2. The number of hydrogen-bond acceptors (Lipinski definition) is 1. The molecule has 0 N–H and O–H groups in total. The Labute approximate surface area is 334 Å². The molecule has 0 aliphatic heterocycles. The van der Waals surface area contributed by atoms with Gasteiger partial charge in [0.15, 0.2) is 0 Å². The highest BCUT2D eigenvalue weighted by Gasteiger charge is 2.24. The van der Waals surface area contributed by atoms with E-state index in [-0.39, 0.29) is 4.75 Å². The van der Waals surface area contributed by atoms with Crippen LogP contribution in [0.3, 0.4) is 0 Å². The number of aryl methyl sites for hydroxylation is 3. The van der Waals surface area contributed by atoms with Gasteiger partial charge in [-0.25, -0.2) is 0 Å². The van der Waals surface area contributed by atoms with Gasteiger partial charge in [-0.2, -0.15) is 12.6 Å². The Kier molecular flexibility index (Phi) is 8.10. The molecule has 0 saturated carbocycles. The summed E-state index contributed by atoms with van der Waals surface area (Å²) in [5.74, 6) is 0. The normalized spacial score (nSPS) is 12.2. The van der Waals surface area contributed by atoms with Gasteiger partial charge >= 0.3 is 0 Å². The van der Waals surface area contributed by atoms with Crippen LogP contribution in [0.1, 0.15) is 43.0 Å². The van der Waals surface area contributed by atoms with Crippen molar-refractivity contribution < 1.29 is 0 Å². The molecule has 6 bridgehead atoms. The topological polar surface area (TPSA) is 0 Å². The minimum absolute atomic E-state index is 0.292. The van der Waals surface area contributed by atoms with Crippen molar-refractivity contribution in [1.82, 2.24) is 0 Å². The summed E-state index contributed by atoms with van der Waals surface area (Å²) in [6, 6.07) is 60.0. The lowest BCUT2D eigenvalue weighted by molar-refractivity contribution is 0.791. The van der Waals surface area contributed by atoms with Gasteiger partial charge in [0.05, 0.1) is 0 Å². The first kappa shape index (κ1) is 34.6. The summed E-state index contributed by atoms with van der Waals surface area (Å²) < 4.78 is -0.292. The molecule has 0 amide bonds. The van der Waals surface area contributed by atoms with Gasteiger partial charge in [-0.3, -0.25) is 0 Å². The zero-order chi connectivity index (χ0) is 38.3. The highest BCUT2D eigenvalue weighted by atomic mass is 32.1. The third kappa shape index (κ3) is 5.44. The van der Waals surface area contributed by atoms with E-state index in [9.17, 15) is 0 Å². The van der Waals surface area contributed by atoms with Crippen molar-refractivity contribution in [2.24, 2.45) is 0 Å². The minimum Gasteiger partial charge on any atom is -0.168 e. The van der Waals surface area contributed by atoms with Crippen LogP contribution in [0.25, 0.3) is 97.7 Å². The molecule has 0 radical (unpaired) electrons. The van der Waals surface area contributed by atoms with Gasteiger partial charge in [0, 0.05) is 4.75 Å². The number of hydrogen-bond donors (Lipinski definition) is 1. The smallest absolute Gasteiger partial charge is 0.0322 e. The van der Waals surface area contributed by atoms with Crippen LogP contribution in [0.4, 0.5) is 0 Å². The second-order valence-electron chi connectivity index (χ2n) is 16.2. The van der Waals surface area contributed by atoms with Gasteiger partial charge in [-0.15, -0.1) is 0 Å². The minimum atomic E-state index is -0.292. The van der Waals surface area contributed by atoms with Crippen LogP contribution in [0.2, 0.25) is 0 Å². The Morgan fingerprint density at radius 1 is 0.411 bits per heavy atom. The van der Waals surface area contributed by atoms with E-state index in [1.165, 1.54) is 120 Å². The largest absolute Gasteiger partial charge is 0.168 e. The molecule has 11 aromatic carbocycles. The molecule has 1 heteroatoms. The zero-order valence-corrected chi connectivity index (χ0v) is 33.6. The Bertz CT molecular complexity index is 3290. The van der Waals surface area contributed by atoms with Gasteiger partial charge < -0.3 is 0 Å². The lowest BCUT2D eigenvalue weighted by atomic mass is 9.80. The molecule has 0 nitrogen and oxygen atoms in total. The fourth-order valence-electron chi connectivity index (χ4n) is 9.35. The summed E-state index contributed by atoms with van der Waals surface area (Å²) in [5, 5.41) is 17.5. The van der Waals surface area contributed by atoms with E-state index >= 15 is 0 Å². The monoisotopic (exact) mass is 736 g/mol. The molecular weight excluding hydrogens is 693 g/mol. The Morgan fingerprint density at radius 2 is 0.857 bits per heavy atom. The average molecular weight is 737 g/mol. The van der Waals surface area contributed by atoms with E-state index in [0.717, 1.165) is 6.42 Å². The first-order valence-electron chi connectivity index (χ1n) is 19.9. The molecule has 0 unspecified atom stereocenters. The summed E-state index contributed by atoms with van der Waals surface area (Å²) in [7, 11) is 0. The fourth-order valence-corrected chi connectivity index (χ4v) is 9.48. The molecule has 0 heterocycles. The zero-order valence-electron chi connectivity index (χ0n) is 32.7. The van der Waals surface area contributed by atoms with Crippen LogP contribution in [0, 0.1) is 13.8 Å². The molecule has 0 fully saturated rings. The van der Waals surface area contributed by atoms with Crippen molar-refractivity contribution in [2.45, 2.75) is 45.8 Å². The molecule has 0 aliphatic rings. The first-order valence-corrected chi connectivity index (χ1v) is 20.3. The van der Waals surface area contributed by atoms with Crippen molar-refractivity contribution in [3.8, 4) is 22.3 Å². The van der Waals surface area contributed by atoms with E-state index in [1.807, 2.05) is 0 Å². The molecule has 0 saturated heterocycles. The van der Waals surface area contributed by atoms with Crippen LogP contribution in [-0.4, -0.2) is 0 Å². The van der Waals surface area contributed by atoms with Crippen LogP contribution in [-0.2, 0) is 11.2 Å². The summed E-state index contributed by atoms with van der Waals surface area (Å²) in [6.45, 7) is 11.1. The third-order valence-corrected chi connectivity index (χ3v) is 12.5. The van der Waals surface area contributed by atoms with Crippen molar-refractivity contribution >= 4 is 88.0 Å². The van der Waals surface area contributed by atoms with Gasteiger partial charge in [-0.05, 0) is 167 Å². The van der Waals surface area contributed by atoms with Gasteiger partial charge in [0.2, 0.25) is 0 Å². The van der Waals surface area contributed by atoms with Crippen LogP contribution < -0.4 is 0 Å². The van der Waals surface area contributed by atoms with Crippen LogP contribution in [0.15, 0.2) is 158 Å². The second kappa shape index (κ2) is 13.1. The predicted octanol–water partition coefficient (Wildman–Crippen LogP) is 16.0. The molecule has 0 aromatic heterocycles. The molecular formula is C55H44S. The van der Waals surface area contributed by atoms with Crippen molar-refractivity contribution in [1.29, 1.82) is 0 Å². The van der Waals surface area contributed by atoms with E-state index < -0.39 is 0 Å². The fraction of sp³-hybridized carbons (Fsp3) is 0.127. The molecule has 0 atom stereocenters. The maximum absolute atomic E-state index is 5.09. The maximum Gasteiger partial charge on any atom is 0.0322 e. The SMILES string of the molecule is CCc1ccc(C(C)(C)S)cc1-c1c(-c2cc(C)ccc2C)c2ccc3cc2c2cc(ccc12)c1ccccc1c1ccc(c2ccccc32)c2ccccc12. The van der Waals surface area contributed by atoms with Gasteiger partial charge in [-0.1, -0.05) is 152 Å². The Balaban J connectivity index is 1.52. The standard InChI is InChI=1S/C55H44S/c1-6-35-21-24-38(55(4,5)56)32-50(35)54-48-26-23-37-31-52(48)51-30-36(22-25-47(51)53(54)49-29-33(2)19-20-34(49)3)39-13-7-9-15-41(39)45-27-28-46(42-16-10-8-14-40(37)42)44-18-12-11-17-43(44)45/h7-32,56H,6H2,1-5H3. The third-order valence-electron chi connectivity index (χ3n) is 12.2. The van der Waals surface area contributed by atoms with Crippen molar-refractivity contribution in [3.05, 3.63) is 180 Å². The summed E-state index contributed by atoms with van der Waals surface area (Å²) >= 11 is 5.09. The molecule has 0 aliphatic carbocycles. The summed E-state index contributed by atoms with van der Waals surface area (Å²) in [5.41, 5.74) is 10.3. The van der Waals surface area contributed by atoms with E-state index in [2.05, 4.69) is 192 Å². The number of thiol groups is 1. The summed E-state index contributed by atoms with van der Waals surface area (Å²) in [6.07, 6.45) is 0.933. The van der Waals surface area contributed by atoms with E-state index in [0.29, 0.717) is 0 Å². The highest BCUT2D eigenvalue weighted by molar-refractivity contribution is 7.81. The Hall–Kier alpha value is -5.89. The second-order valence-corrected chi connectivity index (χ2v) is 17.3. The van der Waals surface area contributed by atoms with E-state index in [4.69, 9.17) is 12.6 Å². The Morgan fingerprint density at radius 3 is 1.36 bits per heavy atom. The van der Waals surface area contributed by atoms with Crippen molar-refractivity contribution in [2.75, 3.05) is 0 Å². The maximum atomic E-state index is 5.09. The molecule has 11 aromatic rings. The summed E-state index contributed by atoms with van der Waals surface area (Å²) in [4.78, 5) is 0. The quantitative estimate of drug-likeness (QED) is 0.135. The number of benzene rings is 9. The average Bonchev–Trinajstić information content (AvgIpc) is 3.22. The van der Waals surface area contributed by atoms with Crippen LogP contribution >= 0.6 is 12.6 Å².